The third kappa shape index (κ3) is 6.67. The molecule has 0 bridgehead atoms. The number of benzene rings is 1. The second-order valence-corrected chi connectivity index (χ2v) is 12.4. The van der Waals surface area contributed by atoms with E-state index in [0.29, 0.717) is 5.82 Å². The van der Waals surface area contributed by atoms with Gasteiger partial charge in [0.25, 0.3) is 5.91 Å². The lowest BCUT2D eigenvalue weighted by Crippen LogP contribution is -2.74. The molecule has 18 nitrogen and oxygen atoms in total. The molecule has 10 N–H and O–H groups in total. The van der Waals surface area contributed by atoms with Gasteiger partial charge in [-0.1, -0.05) is 28.4 Å². The number of anilines is 3. The summed E-state index contributed by atoms with van der Waals surface area (Å²) in [6.45, 7) is -0.0435. The van der Waals surface area contributed by atoms with Crippen molar-refractivity contribution in [3.8, 4) is 11.5 Å². The molecule has 4 atom stereocenters. The van der Waals surface area contributed by atoms with Gasteiger partial charge in [-0.2, -0.15) is 0 Å². The average molecular weight is 686 g/mol. The lowest BCUT2D eigenvalue weighted by atomic mass is 9.86. The van der Waals surface area contributed by atoms with Gasteiger partial charge in [0.15, 0.2) is 22.3 Å². The Morgan fingerprint density at radius 3 is 2.66 bits per heavy atom. The van der Waals surface area contributed by atoms with E-state index in [0.717, 1.165) is 35.2 Å². The van der Waals surface area contributed by atoms with Crippen molar-refractivity contribution in [1.29, 1.82) is 0 Å². The van der Waals surface area contributed by atoms with Crippen LogP contribution in [0.1, 0.15) is 17.4 Å². The standard InChI is InChI=1S/C27H27N9O9S2/c28-16-7-17(29)35(11-31-16)5-1-4-27(25(43)44)9-36-22(40)19(23(36)47-10-27)33-21(39)18(13-8-46-26(30)32-13)34-45-20(24(41)42)12-2-3-14(37)15(38)6-12/h1-4,6-8,11,19-20,23H,5,9-10H2,(H10,28,29,30,32,33,34,37,38,39,41,42,43,44)/b4-1+/t19?,20?,23-,27?/m1/s1. The fraction of sp³-hybridized carbons (Fsp3) is 0.259. The van der Waals surface area contributed by atoms with Crippen LogP contribution in [-0.4, -0.2) is 83.4 Å². The number of allylic oxidation sites excluding steroid dienone is 1. The summed E-state index contributed by atoms with van der Waals surface area (Å²) >= 11 is 2.08. The first-order chi connectivity index (χ1) is 22.3. The van der Waals surface area contributed by atoms with Crippen molar-refractivity contribution < 1.29 is 49.0 Å². The van der Waals surface area contributed by atoms with Gasteiger partial charge in [0, 0.05) is 23.2 Å². The number of amides is 2. The number of hydrogen-bond acceptors (Lipinski definition) is 16. The Labute approximate surface area is 273 Å². The predicted molar refractivity (Wildman–Crippen MR) is 164 cm³/mol. The maximum atomic E-state index is 13.4. The number of carbonyl (C=O) groups excluding carboxylic acids is 3. The highest BCUT2D eigenvalue weighted by Gasteiger charge is 2.55. The molecular weight excluding hydrogens is 658 g/mol. The van der Waals surface area contributed by atoms with Gasteiger partial charge < -0.3 is 57.5 Å². The van der Waals surface area contributed by atoms with Crippen molar-refractivity contribution in [3.63, 3.8) is 0 Å². The van der Waals surface area contributed by atoms with E-state index in [2.05, 4.69) is 20.4 Å². The first-order valence-electron chi connectivity index (χ1n) is 13.5. The number of phenols is 2. The van der Waals surface area contributed by atoms with Gasteiger partial charge in [0.1, 0.15) is 17.1 Å². The number of aromatic hydroxyl groups is 2. The van der Waals surface area contributed by atoms with Crippen LogP contribution in [0, 0.1) is 5.41 Å². The van der Waals surface area contributed by atoms with E-state index in [-0.39, 0.29) is 41.0 Å². The van der Waals surface area contributed by atoms with E-state index in [4.69, 9.17) is 22.0 Å². The van der Waals surface area contributed by atoms with Crippen molar-refractivity contribution in [2.45, 2.75) is 24.1 Å². The Bertz CT molecular complexity index is 1820. The molecule has 2 fully saturated rings. The number of rotatable bonds is 11. The lowest BCUT2D eigenvalue weighted by molar-refractivity contribution is -0.675. The van der Waals surface area contributed by atoms with Crippen molar-refractivity contribution in [3.05, 3.63) is 59.4 Å². The molecule has 2 saturated heterocycles. The van der Waals surface area contributed by atoms with Crippen LogP contribution < -0.4 is 32.2 Å². The van der Waals surface area contributed by atoms with Crippen LogP contribution in [0.4, 0.5) is 16.8 Å². The summed E-state index contributed by atoms with van der Waals surface area (Å²) in [7, 11) is 0. The Hall–Kier alpha value is -5.63. The number of aromatic nitrogens is 3. The Kier molecular flexibility index (Phi) is 9.06. The fourth-order valence-electron chi connectivity index (χ4n) is 4.77. The number of nitrogen functional groups attached to an aromatic ring is 3. The maximum absolute atomic E-state index is 13.4. The fourth-order valence-corrected chi connectivity index (χ4v) is 6.83. The molecular formula is C27H27N9O9S2. The van der Waals surface area contributed by atoms with Crippen LogP contribution in [0.2, 0.25) is 0 Å². The molecule has 2 aromatic heterocycles. The molecule has 47 heavy (non-hydrogen) atoms. The van der Waals surface area contributed by atoms with Gasteiger partial charge in [0.05, 0.1) is 24.0 Å². The number of fused-ring (bicyclic) bond motifs is 1. The highest BCUT2D eigenvalue weighted by Crippen LogP contribution is 2.42. The van der Waals surface area contributed by atoms with Crippen LogP contribution in [0.5, 0.6) is 11.5 Å². The second kappa shape index (κ2) is 13.0. The van der Waals surface area contributed by atoms with E-state index >= 15 is 0 Å². The number of phenolic OH excluding ortho intramolecular Hbond substituents is 2. The summed E-state index contributed by atoms with van der Waals surface area (Å²) < 4.78 is 1.54. The number of β-lactam (4-membered cyclic amide) rings is 1. The van der Waals surface area contributed by atoms with Crippen LogP contribution in [0.25, 0.3) is 0 Å². The zero-order valence-corrected chi connectivity index (χ0v) is 25.7. The number of carbonyl (C=O) groups is 4. The number of nitrogens with two attached hydrogens (primary N) is 3. The van der Waals surface area contributed by atoms with Gasteiger partial charge in [-0.25, -0.2) is 14.3 Å². The highest BCUT2D eigenvalue weighted by atomic mass is 32.2. The molecule has 2 aliphatic heterocycles. The molecule has 0 aliphatic carbocycles. The van der Waals surface area contributed by atoms with Gasteiger partial charge in [-0.3, -0.25) is 9.59 Å². The quantitative estimate of drug-likeness (QED) is 0.0285. The lowest BCUT2D eigenvalue weighted by Gasteiger charge is -2.54. The van der Waals surface area contributed by atoms with Crippen molar-refractivity contribution in [2.24, 2.45) is 10.6 Å². The summed E-state index contributed by atoms with van der Waals surface area (Å²) in [5, 5.41) is 48.4. The Morgan fingerprint density at radius 2 is 2.02 bits per heavy atom. The van der Waals surface area contributed by atoms with Crippen molar-refractivity contribution in [1.82, 2.24) is 20.2 Å². The molecule has 0 spiro atoms. The minimum Gasteiger partial charge on any atom is -0.549 e. The highest BCUT2D eigenvalue weighted by molar-refractivity contribution is 8.00. The molecule has 2 aliphatic rings. The summed E-state index contributed by atoms with van der Waals surface area (Å²) in [6, 6.07) is 3.55. The minimum atomic E-state index is -1.81. The van der Waals surface area contributed by atoms with E-state index in [9.17, 15) is 39.6 Å². The third-order valence-electron chi connectivity index (χ3n) is 7.27. The molecule has 246 valence electrons. The molecule has 3 aromatic rings. The Balaban J connectivity index is 1.30. The monoisotopic (exact) mass is 685 g/mol. The number of thiazole rings is 1. The Morgan fingerprint density at radius 1 is 1.26 bits per heavy atom. The van der Waals surface area contributed by atoms with Crippen LogP contribution in [0.15, 0.2) is 53.3 Å². The first kappa shape index (κ1) is 32.8. The van der Waals surface area contributed by atoms with Gasteiger partial charge in [0.2, 0.25) is 30.0 Å². The molecule has 5 rings (SSSR count). The van der Waals surface area contributed by atoms with E-state index in [1.807, 2.05) is 0 Å². The van der Waals surface area contributed by atoms with Gasteiger partial charge >= 0.3 is 5.97 Å². The second-order valence-electron chi connectivity index (χ2n) is 10.4. The smallest absolute Gasteiger partial charge is 0.352 e. The van der Waals surface area contributed by atoms with E-state index < -0.39 is 63.9 Å². The molecule has 0 saturated carbocycles. The van der Waals surface area contributed by atoms with E-state index in [1.165, 1.54) is 34.8 Å². The minimum absolute atomic E-state index is 0.0131. The number of carboxylic acid groups (broad SMARTS) is 2. The summed E-state index contributed by atoms with van der Waals surface area (Å²) in [5.74, 6) is -4.99. The zero-order chi connectivity index (χ0) is 34.0. The van der Waals surface area contributed by atoms with Crippen LogP contribution in [-0.2, 0) is 30.6 Å². The van der Waals surface area contributed by atoms with E-state index in [1.54, 1.807) is 10.6 Å². The van der Waals surface area contributed by atoms with Gasteiger partial charge in [-0.05, 0) is 12.1 Å². The summed E-state index contributed by atoms with van der Waals surface area (Å²) in [4.78, 5) is 65.2. The van der Waals surface area contributed by atoms with Crippen molar-refractivity contribution >= 4 is 69.3 Å². The van der Waals surface area contributed by atoms with Crippen LogP contribution in [0.3, 0.4) is 0 Å². The molecule has 20 heteroatoms. The third-order valence-corrected chi connectivity index (χ3v) is 9.49. The number of oxime groups is 1. The number of thioether (sulfide) groups is 1. The number of nitrogens with one attached hydrogen (secondary N) is 1. The summed E-state index contributed by atoms with van der Waals surface area (Å²) in [6.07, 6.45) is 2.60. The summed E-state index contributed by atoms with van der Waals surface area (Å²) in [5.41, 5.74) is 15.0. The molecule has 2 amide bonds. The maximum Gasteiger partial charge on any atom is 0.352 e. The molecule has 1 aromatic carbocycles. The number of hydrogen-bond donors (Lipinski definition) is 7. The number of aliphatic carboxylic acids is 2. The molecule has 0 radical (unpaired) electrons. The van der Waals surface area contributed by atoms with Crippen LogP contribution >= 0.6 is 23.1 Å². The topological polar surface area (TPSA) is 297 Å². The number of nitrogens with zero attached hydrogens (tertiary/aromatic N) is 5. The van der Waals surface area contributed by atoms with Crippen molar-refractivity contribution in [2.75, 3.05) is 29.5 Å². The molecule has 4 heterocycles. The first-order valence-corrected chi connectivity index (χ1v) is 15.4. The molecule has 3 unspecified atom stereocenters. The average Bonchev–Trinajstić information content (AvgIpc) is 3.45. The van der Waals surface area contributed by atoms with Gasteiger partial charge in [-0.15, -0.1) is 23.1 Å². The largest absolute Gasteiger partial charge is 0.549 e. The SMILES string of the molecule is Nc1cc(N)[n+](C/C=C/C2(C(=O)[O-])CS[C@@H]3C(NC(=O)C(=NOC(C(=O)O)c4ccc(O)c(O)c4)c4csc(N)n4)C(=O)N3C2)cn1. The number of carboxylic acids is 2. The predicted octanol–water partition coefficient (Wildman–Crippen LogP) is -2.08. The normalized spacial score (nSPS) is 21.5. The zero-order valence-electron chi connectivity index (χ0n) is 24.0.